The van der Waals surface area contributed by atoms with Crippen molar-refractivity contribution in [1.82, 2.24) is 0 Å². The van der Waals surface area contributed by atoms with E-state index < -0.39 is 0 Å². The van der Waals surface area contributed by atoms with Gasteiger partial charge in [0.15, 0.2) is 0 Å². The highest BCUT2D eigenvalue weighted by molar-refractivity contribution is 7.99. The highest BCUT2D eigenvalue weighted by Gasteiger charge is 2.17. The Morgan fingerprint density at radius 3 is 2.84 bits per heavy atom. The second-order valence-corrected chi connectivity index (χ2v) is 5.95. The van der Waals surface area contributed by atoms with Gasteiger partial charge >= 0.3 is 0 Å². The first-order valence-electron chi connectivity index (χ1n) is 6.36. The Bertz CT molecular complexity index is 504. The third-order valence-electron chi connectivity index (χ3n) is 3.27. The van der Waals surface area contributed by atoms with Crippen molar-refractivity contribution in [3.63, 3.8) is 0 Å². The molecule has 3 N–H and O–H groups in total. The molecule has 1 saturated heterocycles. The zero-order valence-corrected chi connectivity index (χ0v) is 11.5. The number of amides is 1. The summed E-state index contributed by atoms with van der Waals surface area (Å²) in [6.45, 7) is 0. The SMILES string of the molecule is N#Cc1ccc(NC(=O)CC2CCSCC2)c(N)c1. The number of nitriles is 1. The van der Waals surface area contributed by atoms with Crippen molar-refractivity contribution in [2.75, 3.05) is 22.6 Å². The molecule has 2 rings (SSSR count). The van der Waals surface area contributed by atoms with Crippen molar-refractivity contribution < 1.29 is 4.79 Å². The molecule has 0 saturated carbocycles. The van der Waals surface area contributed by atoms with Gasteiger partial charge in [0.05, 0.1) is 23.0 Å². The van der Waals surface area contributed by atoms with Gasteiger partial charge in [0.25, 0.3) is 0 Å². The second kappa shape index (κ2) is 6.48. The smallest absolute Gasteiger partial charge is 0.224 e. The number of nitrogens with two attached hydrogens (primary N) is 1. The summed E-state index contributed by atoms with van der Waals surface area (Å²) in [5.41, 5.74) is 7.34. The van der Waals surface area contributed by atoms with E-state index in [4.69, 9.17) is 11.0 Å². The van der Waals surface area contributed by atoms with E-state index in [1.807, 2.05) is 17.8 Å². The van der Waals surface area contributed by atoms with Crippen LogP contribution in [0, 0.1) is 17.2 Å². The van der Waals surface area contributed by atoms with Crippen LogP contribution in [0.15, 0.2) is 18.2 Å². The summed E-state index contributed by atoms with van der Waals surface area (Å²) in [6.07, 6.45) is 2.78. The lowest BCUT2D eigenvalue weighted by molar-refractivity contribution is -0.117. The van der Waals surface area contributed by atoms with Gasteiger partial charge in [-0.1, -0.05) is 0 Å². The molecule has 1 aliphatic heterocycles. The molecule has 0 unspecified atom stereocenters. The highest BCUT2D eigenvalue weighted by Crippen LogP contribution is 2.26. The molecule has 1 heterocycles. The molecule has 1 amide bonds. The summed E-state index contributed by atoms with van der Waals surface area (Å²) in [6, 6.07) is 6.93. The second-order valence-electron chi connectivity index (χ2n) is 4.72. The van der Waals surface area contributed by atoms with Crippen molar-refractivity contribution in [3.8, 4) is 6.07 Å². The lowest BCUT2D eigenvalue weighted by atomic mass is 9.98. The number of carbonyl (C=O) groups is 1. The fraction of sp³-hybridized carbons (Fsp3) is 0.429. The molecule has 100 valence electrons. The maximum absolute atomic E-state index is 11.9. The molecule has 0 spiro atoms. The first-order chi connectivity index (χ1) is 9.19. The van der Waals surface area contributed by atoms with Crippen molar-refractivity contribution in [1.29, 1.82) is 5.26 Å². The molecule has 0 aromatic heterocycles. The van der Waals surface area contributed by atoms with Crippen LogP contribution in [0.3, 0.4) is 0 Å². The van der Waals surface area contributed by atoms with Gasteiger partial charge in [-0.25, -0.2) is 0 Å². The van der Waals surface area contributed by atoms with Gasteiger partial charge in [0.2, 0.25) is 5.91 Å². The topological polar surface area (TPSA) is 78.9 Å². The Hall–Kier alpha value is -1.67. The van der Waals surface area contributed by atoms with Crippen LogP contribution < -0.4 is 11.1 Å². The first-order valence-corrected chi connectivity index (χ1v) is 7.51. The lowest BCUT2D eigenvalue weighted by Gasteiger charge is -2.20. The molecule has 5 heteroatoms. The molecular weight excluding hydrogens is 258 g/mol. The Labute approximate surface area is 117 Å². The van der Waals surface area contributed by atoms with Crippen molar-refractivity contribution in [3.05, 3.63) is 23.8 Å². The minimum Gasteiger partial charge on any atom is -0.397 e. The number of hydrogen-bond acceptors (Lipinski definition) is 4. The normalized spacial score (nSPS) is 15.7. The van der Waals surface area contributed by atoms with Crippen LogP contribution in [0.5, 0.6) is 0 Å². The number of nitrogens with zero attached hydrogens (tertiary/aromatic N) is 1. The maximum Gasteiger partial charge on any atom is 0.224 e. The fourth-order valence-corrected chi connectivity index (χ4v) is 3.36. The zero-order valence-electron chi connectivity index (χ0n) is 10.7. The predicted molar refractivity (Wildman–Crippen MR) is 78.9 cm³/mol. The van der Waals surface area contributed by atoms with Crippen LogP contribution >= 0.6 is 11.8 Å². The molecule has 0 bridgehead atoms. The number of carbonyl (C=O) groups excluding carboxylic acids is 1. The first kappa shape index (κ1) is 13.8. The number of nitrogens with one attached hydrogen (secondary N) is 1. The van der Waals surface area contributed by atoms with Gasteiger partial charge in [0, 0.05) is 6.42 Å². The molecule has 1 aromatic rings. The van der Waals surface area contributed by atoms with E-state index in [9.17, 15) is 4.79 Å². The van der Waals surface area contributed by atoms with Crippen LogP contribution in [0.1, 0.15) is 24.8 Å². The molecule has 0 aliphatic carbocycles. The van der Waals surface area contributed by atoms with E-state index in [1.54, 1.807) is 18.2 Å². The van der Waals surface area contributed by atoms with Crippen LogP contribution in [0.25, 0.3) is 0 Å². The standard InChI is InChI=1S/C14H17N3OS/c15-9-11-1-2-13(12(16)7-11)17-14(18)8-10-3-5-19-6-4-10/h1-2,7,10H,3-6,8,16H2,(H,17,18). The molecule has 1 aromatic carbocycles. The van der Waals surface area contributed by atoms with Gasteiger partial charge in [-0.15, -0.1) is 0 Å². The molecule has 4 nitrogen and oxygen atoms in total. The summed E-state index contributed by atoms with van der Waals surface area (Å²) in [4.78, 5) is 11.9. The van der Waals surface area contributed by atoms with Gasteiger partial charge in [-0.3, -0.25) is 4.79 Å². The molecule has 0 atom stereocenters. The third-order valence-corrected chi connectivity index (χ3v) is 4.32. The minimum absolute atomic E-state index is 0.00769. The summed E-state index contributed by atoms with van der Waals surface area (Å²) < 4.78 is 0. The van der Waals surface area contributed by atoms with Gasteiger partial charge in [-0.2, -0.15) is 17.0 Å². The van der Waals surface area contributed by atoms with E-state index >= 15 is 0 Å². The zero-order chi connectivity index (χ0) is 13.7. The van der Waals surface area contributed by atoms with Crippen molar-refractivity contribution in [2.24, 2.45) is 5.92 Å². The summed E-state index contributed by atoms with van der Waals surface area (Å²) >= 11 is 1.95. The predicted octanol–water partition coefficient (Wildman–Crippen LogP) is 2.61. The summed E-state index contributed by atoms with van der Waals surface area (Å²) in [7, 11) is 0. The molecule has 1 aliphatic rings. The number of hydrogen-bond donors (Lipinski definition) is 2. The van der Waals surface area contributed by atoms with E-state index in [2.05, 4.69) is 5.32 Å². The number of rotatable bonds is 3. The largest absolute Gasteiger partial charge is 0.397 e. The maximum atomic E-state index is 11.9. The number of nitrogen functional groups attached to an aromatic ring is 1. The van der Waals surface area contributed by atoms with Crippen LogP contribution in [0.4, 0.5) is 11.4 Å². The summed E-state index contributed by atoms with van der Waals surface area (Å²) in [5.74, 6) is 2.79. The molecule has 1 fully saturated rings. The van der Waals surface area contributed by atoms with E-state index in [1.165, 1.54) is 0 Å². The van der Waals surface area contributed by atoms with Gasteiger partial charge in [-0.05, 0) is 48.5 Å². The highest BCUT2D eigenvalue weighted by atomic mass is 32.2. The Morgan fingerprint density at radius 1 is 1.47 bits per heavy atom. The summed E-state index contributed by atoms with van der Waals surface area (Å²) in [5, 5.41) is 11.6. The van der Waals surface area contributed by atoms with Gasteiger partial charge < -0.3 is 11.1 Å². The van der Waals surface area contributed by atoms with E-state index in [0.29, 0.717) is 29.3 Å². The fourth-order valence-electron chi connectivity index (χ4n) is 2.16. The molecular formula is C14H17N3OS. The van der Waals surface area contributed by atoms with E-state index in [-0.39, 0.29) is 5.91 Å². The van der Waals surface area contributed by atoms with Crippen molar-refractivity contribution in [2.45, 2.75) is 19.3 Å². The molecule has 0 radical (unpaired) electrons. The monoisotopic (exact) mass is 275 g/mol. The number of anilines is 2. The number of benzene rings is 1. The van der Waals surface area contributed by atoms with Gasteiger partial charge in [0.1, 0.15) is 0 Å². The van der Waals surface area contributed by atoms with Crippen LogP contribution in [0.2, 0.25) is 0 Å². The van der Waals surface area contributed by atoms with E-state index in [0.717, 1.165) is 24.3 Å². The average Bonchev–Trinajstić information content (AvgIpc) is 2.42. The van der Waals surface area contributed by atoms with Crippen molar-refractivity contribution >= 4 is 29.0 Å². The van der Waals surface area contributed by atoms with Crippen LogP contribution in [-0.2, 0) is 4.79 Å². The van der Waals surface area contributed by atoms with Crippen LogP contribution in [-0.4, -0.2) is 17.4 Å². The Balaban J connectivity index is 1.93. The average molecular weight is 275 g/mol. The minimum atomic E-state index is 0.00769. The quantitative estimate of drug-likeness (QED) is 0.831. The third kappa shape index (κ3) is 3.90. The lowest BCUT2D eigenvalue weighted by Crippen LogP contribution is -2.20. The molecule has 19 heavy (non-hydrogen) atoms. The Kier molecular flexibility index (Phi) is 4.69. The Morgan fingerprint density at radius 2 is 2.21 bits per heavy atom. The number of thioether (sulfide) groups is 1.